The summed E-state index contributed by atoms with van der Waals surface area (Å²) < 4.78 is 0. The summed E-state index contributed by atoms with van der Waals surface area (Å²) in [6.07, 6.45) is 1.70. The van der Waals surface area contributed by atoms with Crippen LogP contribution in [0.4, 0.5) is 0 Å². The molecular weight excluding hydrogens is 323 g/mol. The van der Waals surface area contributed by atoms with E-state index in [0.717, 1.165) is 23.5 Å². The van der Waals surface area contributed by atoms with E-state index in [-0.39, 0.29) is 0 Å². The predicted molar refractivity (Wildman–Crippen MR) is 92.7 cm³/mol. The maximum absolute atomic E-state index is 6.25. The van der Waals surface area contributed by atoms with Crippen molar-refractivity contribution in [2.45, 2.75) is 33.2 Å². The van der Waals surface area contributed by atoms with Crippen LogP contribution in [-0.2, 0) is 19.4 Å². The Morgan fingerprint density at radius 1 is 1.24 bits per heavy atom. The fourth-order valence-electron chi connectivity index (χ4n) is 2.21. The molecule has 0 atom stereocenters. The first-order valence-corrected chi connectivity index (χ1v) is 8.63. The van der Waals surface area contributed by atoms with E-state index in [2.05, 4.69) is 19.2 Å². The van der Waals surface area contributed by atoms with Gasteiger partial charge in [0, 0.05) is 27.9 Å². The highest BCUT2D eigenvalue weighted by Gasteiger charge is 2.14. The van der Waals surface area contributed by atoms with Crippen molar-refractivity contribution in [3.8, 4) is 0 Å². The average molecular weight is 343 g/mol. The van der Waals surface area contributed by atoms with Crippen LogP contribution in [0.25, 0.3) is 0 Å². The normalized spacial score (nSPS) is 11.3. The number of halogens is 2. The molecule has 1 aromatic heterocycles. The van der Waals surface area contributed by atoms with Gasteiger partial charge in [-0.1, -0.05) is 43.1 Å². The van der Waals surface area contributed by atoms with E-state index in [1.165, 1.54) is 10.6 Å². The van der Waals surface area contributed by atoms with E-state index in [9.17, 15) is 0 Å². The third-order valence-corrected chi connectivity index (χ3v) is 4.96. The van der Waals surface area contributed by atoms with Crippen molar-refractivity contribution < 1.29 is 0 Å². The van der Waals surface area contributed by atoms with Gasteiger partial charge in [0.05, 0.1) is 10.7 Å². The van der Waals surface area contributed by atoms with Crippen LogP contribution in [0.2, 0.25) is 10.0 Å². The Morgan fingerprint density at radius 3 is 2.48 bits per heavy atom. The van der Waals surface area contributed by atoms with E-state index in [1.54, 1.807) is 11.3 Å². The molecule has 0 unspecified atom stereocenters. The monoisotopic (exact) mass is 342 g/mol. The SMILES string of the molecule is CNCc1sc(Cc2c(Cl)cccc2Cl)nc1CC(C)C. The molecule has 0 fully saturated rings. The molecule has 0 saturated heterocycles. The molecule has 0 saturated carbocycles. The van der Waals surface area contributed by atoms with Crippen molar-refractivity contribution in [2.24, 2.45) is 5.92 Å². The highest BCUT2D eigenvalue weighted by atomic mass is 35.5. The van der Waals surface area contributed by atoms with Crippen LogP contribution in [0.1, 0.15) is 35.0 Å². The summed E-state index contributed by atoms with van der Waals surface area (Å²) in [5, 5.41) is 5.70. The first-order chi connectivity index (χ1) is 10.0. The van der Waals surface area contributed by atoms with E-state index in [4.69, 9.17) is 28.2 Å². The summed E-state index contributed by atoms with van der Waals surface area (Å²) in [6, 6.07) is 5.62. The summed E-state index contributed by atoms with van der Waals surface area (Å²) in [6.45, 7) is 5.29. The van der Waals surface area contributed by atoms with Crippen molar-refractivity contribution in [3.05, 3.63) is 49.4 Å². The van der Waals surface area contributed by atoms with E-state index < -0.39 is 0 Å². The van der Waals surface area contributed by atoms with Crippen LogP contribution in [-0.4, -0.2) is 12.0 Å². The van der Waals surface area contributed by atoms with Gasteiger partial charge in [-0.15, -0.1) is 11.3 Å². The third kappa shape index (κ3) is 4.43. The molecule has 2 rings (SSSR count). The molecule has 0 spiro atoms. The molecule has 1 aromatic carbocycles. The molecular formula is C16H20Cl2N2S. The Labute approximate surface area is 140 Å². The van der Waals surface area contributed by atoms with Crippen LogP contribution in [0.3, 0.4) is 0 Å². The van der Waals surface area contributed by atoms with Gasteiger partial charge in [0.25, 0.3) is 0 Å². The lowest BCUT2D eigenvalue weighted by molar-refractivity contribution is 0.629. The summed E-state index contributed by atoms with van der Waals surface area (Å²) >= 11 is 14.3. The lowest BCUT2D eigenvalue weighted by Gasteiger charge is -2.04. The fourth-order valence-corrected chi connectivity index (χ4v) is 3.86. The summed E-state index contributed by atoms with van der Waals surface area (Å²) in [7, 11) is 1.96. The molecule has 0 bridgehead atoms. The first-order valence-electron chi connectivity index (χ1n) is 7.06. The number of rotatable bonds is 6. The second-order valence-corrected chi connectivity index (χ2v) is 7.47. The Kier molecular flexibility index (Phi) is 6.06. The van der Waals surface area contributed by atoms with E-state index in [0.29, 0.717) is 22.4 Å². The lowest BCUT2D eigenvalue weighted by Crippen LogP contribution is -2.07. The number of benzene rings is 1. The van der Waals surface area contributed by atoms with Crippen LogP contribution in [0.5, 0.6) is 0 Å². The van der Waals surface area contributed by atoms with Crippen LogP contribution in [0.15, 0.2) is 18.2 Å². The Morgan fingerprint density at radius 2 is 1.90 bits per heavy atom. The number of hydrogen-bond donors (Lipinski definition) is 1. The quantitative estimate of drug-likeness (QED) is 0.802. The maximum Gasteiger partial charge on any atom is 0.0976 e. The van der Waals surface area contributed by atoms with Crippen molar-refractivity contribution in [2.75, 3.05) is 7.05 Å². The number of thiazole rings is 1. The molecule has 0 aliphatic carbocycles. The number of aromatic nitrogens is 1. The van der Waals surface area contributed by atoms with Crippen molar-refractivity contribution in [1.29, 1.82) is 0 Å². The van der Waals surface area contributed by atoms with Gasteiger partial charge in [0.1, 0.15) is 0 Å². The molecule has 114 valence electrons. The van der Waals surface area contributed by atoms with Gasteiger partial charge >= 0.3 is 0 Å². The Balaban J connectivity index is 2.28. The van der Waals surface area contributed by atoms with Crippen LogP contribution < -0.4 is 5.32 Å². The highest BCUT2D eigenvalue weighted by Crippen LogP contribution is 2.30. The topological polar surface area (TPSA) is 24.9 Å². The predicted octanol–water partition coefficient (Wildman–Crippen LogP) is 4.96. The van der Waals surface area contributed by atoms with Crippen LogP contribution in [0, 0.1) is 5.92 Å². The molecule has 0 aliphatic rings. The minimum atomic E-state index is 0.597. The van der Waals surface area contributed by atoms with Crippen molar-refractivity contribution in [3.63, 3.8) is 0 Å². The average Bonchev–Trinajstić information content (AvgIpc) is 2.76. The minimum Gasteiger partial charge on any atom is -0.315 e. The summed E-state index contributed by atoms with van der Waals surface area (Å²) in [4.78, 5) is 6.12. The number of nitrogens with one attached hydrogen (secondary N) is 1. The molecule has 0 radical (unpaired) electrons. The largest absolute Gasteiger partial charge is 0.315 e. The zero-order valence-corrected chi connectivity index (χ0v) is 14.9. The van der Waals surface area contributed by atoms with Gasteiger partial charge in [0.15, 0.2) is 0 Å². The molecule has 1 N–H and O–H groups in total. The highest BCUT2D eigenvalue weighted by molar-refractivity contribution is 7.11. The molecule has 2 nitrogen and oxygen atoms in total. The van der Waals surface area contributed by atoms with Crippen molar-refractivity contribution in [1.82, 2.24) is 10.3 Å². The Bertz CT molecular complexity index is 588. The van der Waals surface area contributed by atoms with Crippen LogP contribution >= 0.6 is 34.5 Å². The van der Waals surface area contributed by atoms with E-state index >= 15 is 0 Å². The molecule has 0 aliphatic heterocycles. The molecule has 21 heavy (non-hydrogen) atoms. The zero-order chi connectivity index (χ0) is 15.4. The lowest BCUT2D eigenvalue weighted by atomic mass is 10.1. The fraction of sp³-hybridized carbons (Fsp3) is 0.438. The van der Waals surface area contributed by atoms with Gasteiger partial charge in [-0.2, -0.15) is 0 Å². The molecule has 0 amide bonds. The minimum absolute atomic E-state index is 0.597. The zero-order valence-electron chi connectivity index (χ0n) is 12.5. The maximum atomic E-state index is 6.25. The summed E-state index contributed by atoms with van der Waals surface area (Å²) in [5.41, 5.74) is 2.16. The molecule has 1 heterocycles. The number of hydrogen-bond acceptors (Lipinski definition) is 3. The third-order valence-electron chi connectivity index (χ3n) is 3.15. The van der Waals surface area contributed by atoms with E-state index in [1.807, 2.05) is 25.2 Å². The molecule has 5 heteroatoms. The Hall–Kier alpha value is -0.610. The van der Waals surface area contributed by atoms with Crippen molar-refractivity contribution >= 4 is 34.5 Å². The second kappa shape index (κ2) is 7.59. The smallest absolute Gasteiger partial charge is 0.0976 e. The number of nitrogens with zero attached hydrogens (tertiary/aromatic N) is 1. The standard InChI is InChI=1S/C16H20Cl2N2S/c1-10(2)7-14-15(9-19-3)21-16(20-14)8-11-12(17)5-4-6-13(11)18/h4-6,10,19H,7-9H2,1-3H3. The van der Waals surface area contributed by atoms with Gasteiger partial charge in [-0.25, -0.2) is 4.98 Å². The first kappa shape index (κ1) is 16.8. The summed E-state index contributed by atoms with van der Waals surface area (Å²) in [5.74, 6) is 0.597. The van der Waals surface area contributed by atoms with Gasteiger partial charge in [0.2, 0.25) is 0 Å². The van der Waals surface area contributed by atoms with Gasteiger partial charge in [-0.3, -0.25) is 0 Å². The molecule has 2 aromatic rings. The van der Waals surface area contributed by atoms with Gasteiger partial charge < -0.3 is 5.32 Å². The van der Waals surface area contributed by atoms with Gasteiger partial charge in [-0.05, 0) is 37.1 Å². The second-order valence-electron chi connectivity index (χ2n) is 5.48.